The Morgan fingerprint density at radius 3 is 2.68 bits per heavy atom. The number of halogens is 1. The molecule has 0 saturated heterocycles. The zero-order valence-electron chi connectivity index (χ0n) is 12.2. The van der Waals surface area contributed by atoms with Crippen LogP contribution in [-0.2, 0) is 6.42 Å². The Morgan fingerprint density at radius 2 is 2.16 bits per heavy atom. The molecule has 0 amide bonds. The Labute approximate surface area is 125 Å². The first kappa shape index (κ1) is 14.9. The van der Waals surface area contributed by atoms with Crippen LogP contribution in [0.1, 0.15) is 32.3 Å². The molecule has 1 aliphatic carbocycles. The molecular weight excluding hydrogens is 300 g/mol. The average Bonchev–Trinajstić information content (AvgIpc) is 3.07. The molecule has 0 bridgehead atoms. The zero-order chi connectivity index (χ0) is 14.0. The Kier molecular flexibility index (Phi) is 4.91. The van der Waals surface area contributed by atoms with Crippen molar-refractivity contribution < 1.29 is 0 Å². The highest BCUT2D eigenvalue weighted by atomic mass is 79.9. The van der Waals surface area contributed by atoms with E-state index in [-0.39, 0.29) is 6.04 Å². The average molecular weight is 325 g/mol. The molecule has 1 saturated carbocycles. The van der Waals surface area contributed by atoms with Gasteiger partial charge in [-0.2, -0.15) is 0 Å². The lowest BCUT2D eigenvalue weighted by atomic mass is 10.0. The van der Waals surface area contributed by atoms with Gasteiger partial charge in [-0.25, -0.2) is 0 Å². The molecule has 2 nitrogen and oxygen atoms in total. The van der Waals surface area contributed by atoms with Crippen LogP contribution in [0.25, 0.3) is 0 Å². The van der Waals surface area contributed by atoms with Gasteiger partial charge in [0.1, 0.15) is 0 Å². The number of nitrogens with two attached hydrogens (primary N) is 1. The van der Waals surface area contributed by atoms with Gasteiger partial charge in [-0.05, 0) is 48.8 Å². The third kappa shape index (κ3) is 3.96. The van der Waals surface area contributed by atoms with Gasteiger partial charge in [-0.3, -0.25) is 0 Å². The second-order valence-electron chi connectivity index (χ2n) is 6.00. The summed E-state index contributed by atoms with van der Waals surface area (Å²) in [6.45, 7) is 5.64. The van der Waals surface area contributed by atoms with Crippen molar-refractivity contribution in [3.05, 3.63) is 28.2 Å². The lowest BCUT2D eigenvalue weighted by Crippen LogP contribution is -2.22. The van der Waals surface area contributed by atoms with Gasteiger partial charge in [-0.1, -0.05) is 35.8 Å². The summed E-state index contributed by atoms with van der Waals surface area (Å²) in [7, 11) is 2.18. The van der Waals surface area contributed by atoms with E-state index in [2.05, 4.69) is 59.9 Å². The van der Waals surface area contributed by atoms with E-state index in [1.807, 2.05) is 0 Å². The summed E-state index contributed by atoms with van der Waals surface area (Å²) >= 11 is 3.68. The van der Waals surface area contributed by atoms with Crippen LogP contribution < -0.4 is 10.6 Å². The van der Waals surface area contributed by atoms with E-state index in [4.69, 9.17) is 5.73 Å². The van der Waals surface area contributed by atoms with E-state index >= 15 is 0 Å². The quantitative estimate of drug-likeness (QED) is 0.861. The van der Waals surface area contributed by atoms with Crippen molar-refractivity contribution in [3.8, 4) is 0 Å². The van der Waals surface area contributed by atoms with Gasteiger partial charge in [0.05, 0.1) is 0 Å². The fourth-order valence-electron chi connectivity index (χ4n) is 2.48. The molecule has 3 unspecified atom stereocenters. The fourth-order valence-corrected chi connectivity index (χ4v) is 3.01. The van der Waals surface area contributed by atoms with Gasteiger partial charge >= 0.3 is 0 Å². The number of rotatable bonds is 6. The Hall–Kier alpha value is -0.540. The minimum Gasteiger partial charge on any atom is -0.374 e. The lowest BCUT2D eigenvalue weighted by molar-refractivity contribution is 0.645. The van der Waals surface area contributed by atoms with E-state index in [0.717, 1.165) is 24.7 Å². The summed E-state index contributed by atoms with van der Waals surface area (Å²) < 4.78 is 1.18. The van der Waals surface area contributed by atoms with Crippen molar-refractivity contribution in [2.75, 3.05) is 18.5 Å². The molecule has 3 atom stereocenters. The molecule has 19 heavy (non-hydrogen) atoms. The van der Waals surface area contributed by atoms with Crippen LogP contribution in [0, 0.1) is 11.8 Å². The van der Waals surface area contributed by atoms with Crippen molar-refractivity contribution in [2.45, 2.75) is 39.2 Å². The number of anilines is 1. The second kappa shape index (κ2) is 6.27. The van der Waals surface area contributed by atoms with Gasteiger partial charge in [0, 0.05) is 29.8 Å². The first-order valence-electron chi connectivity index (χ1n) is 7.26. The maximum absolute atomic E-state index is 6.03. The van der Waals surface area contributed by atoms with Crippen molar-refractivity contribution in [1.29, 1.82) is 0 Å². The summed E-state index contributed by atoms with van der Waals surface area (Å²) in [4.78, 5) is 2.36. The van der Waals surface area contributed by atoms with Crippen LogP contribution in [0.5, 0.6) is 0 Å². The first-order valence-corrected chi connectivity index (χ1v) is 8.05. The number of nitrogens with zero attached hydrogens (tertiary/aromatic N) is 1. The highest BCUT2D eigenvalue weighted by molar-refractivity contribution is 9.10. The molecule has 1 aromatic rings. The fraction of sp³-hybridized carbons (Fsp3) is 0.625. The van der Waals surface area contributed by atoms with Gasteiger partial charge < -0.3 is 10.6 Å². The van der Waals surface area contributed by atoms with Crippen LogP contribution in [0.15, 0.2) is 22.7 Å². The molecular formula is C16H25BrN2. The normalized spacial score (nSPS) is 23.2. The maximum Gasteiger partial charge on any atom is 0.0375 e. The lowest BCUT2D eigenvalue weighted by Gasteiger charge is -2.21. The minimum atomic E-state index is 0.257. The van der Waals surface area contributed by atoms with Gasteiger partial charge in [0.2, 0.25) is 0 Å². The molecule has 0 spiro atoms. The van der Waals surface area contributed by atoms with E-state index in [1.54, 1.807) is 0 Å². The Morgan fingerprint density at radius 1 is 1.47 bits per heavy atom. The highest BCUT2D eigenvalue weighted by Crippen LogP contribution is 2.39. The van der Waals surface area contributed by atoms with E-state index < -0.39 is 0 Å². The van der Waals surface area contributed by atoms with E-state index in [0.29, 0.717) is 0 Å². The van der Waals surface area contributed by atoms with E-state index in [9.17, 15) is 0 Å². The minimum absolute atomic E-state index is 0.257. The van der Waals surface area contributed by atoms with Gasteiger partial charge in [0.25, 0.3) is 0 Å². The summed E-state index contributed by atoms with van der Waals surface area (Å²) in [6, 6.07) is 6.91. The summed E-state index contributed by atoms with van der Waals surface area (Å²) in [5.41, 5.74) is 8.63. The van der Waals surface area contributed by atoms with Crippen molar-refractivity contribution in [2.24, 2.45) is 17.6 Å². The predicted octanol–water partition coefficient (Wildman–Crippen LogP) is 3.82. The molecule has 1 aliphatic rings. The molecule has 0 heterocycles. The SMILES string of the molecule is CCC(N)Cc1ccc(N(C)CC2CC2C)cc1Br. The number of hydrogen-bond donors (Lipinski definition) is 1. The molecule has 106 valence electrons. The molecule has 0 aliphatic heterocycles. The summed E-state index contributed by atoms with van der Waals surface area (Å²) in [6.07, 6.45) is 3.35. The summed E-state index contributed by atoms with van der Waals surface area (Å²) in [5, 5.41) is 0. The van der Waals surface area contributed by atoms with Crippen molar-refractivity contribution in [3.63, 3.8) is 0 Å². The second-order valence-corrected chi connectivity index (χ2v) is 6.86. The first-order chi connectivity index (χ1) is 9.01. The standard InChI is InChI=1S/C16H25BrN2/c1-4-14(18)8-12-5-6-15(9-16(12)17)19(3)10-13-7-11(13)2/h5-6,9,11,13-14H,4,7-8,10,18H2,1-3H3. The topological polar surface area (TPSA) is 29.3 Å². The third-order valence-electron chi connectivity index (χ3n) is 4.27. The molecule has 0 aromatic heterocycles. The monoisotopic (exact) mass is 324 g/mol. The predicted molar refractivity (Wildman–Crippen MR) is 86.7 cm³/mol. The van der Waals surface area contributed by atoms with Crippen molar-refractivity contribution in [1.82, 2.24) is 0 Å². The van der Waals surface area contributed by atoms with Crippen molar-refractivity contribution >= 4 is 21.6 Å². The van der Waals surface area contributed by atoms with Crippen LogP contribution in [0.3, 0.4) is 0 Å². The maximum atomic E-state index is 6.03. The van der Waals surface area contributed by atoms with E-state index in [1.165, 1.54) is 28.7 Å². The largest absolute Gasteiger partial charge is 0.374 e. The van der Waals surface area contributed by atoms with Gasteiger partial charge in [-0.15, -0.1) is 0 Å². The molecule has 1 aromatic carbocycles. The number of benzene rings is 1. The molecule has 3 heteroatoms. The number of hydrogen-bond acceptors (Lipinski definition) is 2. The van der Waals surface area contributed by atoms with Gasteiger partial charge in [0.15, 0.2) is 0 Å². The van der Waals surface area contributed by atoms with Crippen LogP contribution in [-0.4, -0.2) is 19.6 Å². The Balaban J connectivity index is 2.01. The summed E-state index contributed by atoms with van der Waals surface area (Å²) in [5.74, 6) is 1.80. The highest BCUT2D eigenvalue weighted by Gasteiger charge is 2.33. The molecule has 2 rings (SSSR count). The third-order valence-corrected chi connectivity index (χ3v) is 5.01. The molecule has 1 fully saturated rings. The van der Waals surface area contributed by atoms with Crippen LogP contribution in [0.4, 0.5) is 5.69 Å². The molecule has 0 radical (unpaired) electrons. The molecule has 2 N–H and O–H groups in total. The Bertz CT molecular complexity index is 433. The smallest absolute Gasteiger partial charge is 0.0375 e. The zero-order valence-corrected chi connectivity index (χ0v) is 13.8. The van der Waals surface area contributed by atoms with Crippen LogP contribution >= 0.6 is 15.9 Å². The van der Waals surface area contributed by atoms with Crippen LogP contribution in [0.2, 0.25) is 0 Å².